The Bertz CT molecular complexity index is 1830. The Morgan fingerprint density at radius 1 is 0.689 bits per heavy atom. The first-order valence-electron chi connectivity index (χ1n) is 15.5. The van der Waals surface area contributed by atoms with Gasteiger partial charge in [-0.15, -0.1) is 0 Å². The molecule has 0 aromatic heterocycles. The van der Waals surface area contributed by atoms with Gasteiger partial charge in [0.1, 0.15) is 5.75 Å². The number of hydrogen-bond donors (Lipinski definition) is 0. The van der Waals surface area contributed by atoms with Crippen molar-refractivity contribution in [1.29, 1.82) is 0 Å². The van der Waals surface area contributed by atoms with Crippen molar-refractivity contribution in [1.82, 2.24) is 0 Å². The van der Waals surface area contributed by atoms with Crippen LogP contribution in [0.15, 0.2) is 84.9 Å². The largest absolute Gasteiger partial charge is 0.426 e. The van der Waals surface area contributed by atoms with Crippen molar-refractivity contribution < 1.29 is 23.9 Å². The summed E-state index contributed by atoms with van der Waals surface area (Å²) in [6, 6.07) is 27.2. The molecule has 7 heteroatoms. The number of carbonyl (C=O) groups is 4. The van der Waals surface area contributed by atoms with E-state index in [1.54, 1.807) is 23.1 Å². The normalized spacial score (nSPS) is 24.5. The van der Waals surface area contributed by atoms with Gasteiger partial charge < -0.3 is 9.64 Å². The van der Waals surface area contributed by atoms with Crippen LogP contribution < -0.4 is 14.5 Å². The molecule has 0 radical (unpaired) electrons. The number of anilines is 2. The van der Waals surface area contributed by atoms with Crippen molar-refractivity contribution in [2.75, 3.05) is 16.3 Å². The summed E-state index contributed by atoms with van der Waals surface area (Å²) < 4.78 is 5.76. The topological polar surface area (TPSA) is 84.0 Å². The van der Waals surface area contributed by atoms with Gasteiger partial charge in [-0.3, -0.25) is 19.2 Å². The van der Waals surface area contributed by atoms with Crippen LogP contribution in [-0.2, 0) is 19.2 Å². The summed E-state index contributed by atoms with van der Waals surface area (Å²) in [4.78, 5) is 57.5. The molecule has 4 aromatic carbocycles. The van der Waals surface area contributed by atoms with Crippen molar-refractivity contribution >= 4 is 35.1 Å². The Balaban J connectivity index is 1.05. The smallest absolute Gasteiger partial charge is 0.316 e. The first-order chi connectivity index (χ1) is 21.7. The molecule has 9 rings (SSSR count). The van der Waals surface area contributed by atoms with Gasteiger partial charge in [-0.05, 0) is 77.9 Å². The summed E-state index contributed by atoms with van der Waals surface area (Å²) in [6.07, 6.45) is 0.0797. The van der Waals surface area contributed by atoms with Crippen LogP contribution in [0.4, 0.5) is 11.4 Å². The third-order valence-electron chi connectivity index (χ3n) is 10.2. The van der Waals surface area contributed by atoms with E-state index in [-0.39, 0.29) is 42.5 Å². The molecule has 5 aliphatic rings. The van der Waals surface area contributed by atoms with Crippen LogP contribution in [0.5, 0.6) is 5.75 Å². The molecule has 7 nitrogen and oxygen atoms in total. The van der Waals surface area contributed by atoms with Gasteiger partial charge in [-0.2, -0.15) is 0 Å². The molecular weight excluding hydrogens is 564 g/mol. The highest BCUT2D eigenvalue weighted by Crippen LogP contribution is 2.61. The minimum atomic E-state index is -0.597. The van der Waals surface area contributed by atoms with Gasteiger partial charge in [-0.1, -0.05) is 66.7 Å². The van der Waals surface area contributed by atoms with E-state index >= 15 is 0 Å². The van der Waals surface area contributed by atoms with E-state index in [9.17, 15) is 19.2 Å². The lowest BCUT2D eigenvalue weighted by Crippen LogP contribution is -2.41. The molecule has 2 saturated heterocycles. The van der Waals surface area contributed by atoms with Crippen LogP contribution in [0, 0.1) is 38.5 Å². The zero-order valence-electron chi connectivity index (χ0n) is 25.3. The monoisotopic (exact) mass is 596 g/mol. The van der Waals surface area contributed by atoms with Crippen molar-refractivity contribution in [3.05, 3.63) is 124 Å². The zero-order chi connectivity index (χ0) is 31.1. The van der Waals surface area contributed by atoms with Crippen LogP contribution >= 0.6 is 0 Å². The highest BCUT2D eigenvalue weighted by Gasteiger charge is 2.61. The summed E-state index contributed by atoms with van der Waals surface area (Å²) >= 11 is 0. The molecule has 2 aliphatic heterocycles. The molecule has 3 atom stereocenters. The number of imide groups is 1. The number of aryl methyl sites for hydroxylation is 3. The molecular formula is C38H32N2O5. The summed E-state index contributed by atoms with van der Waals surface area (Å²) in [7, 11) is 0. The maximum Gasteiger partial charge on any atom is 0.316 e. The molecule has 4 aromatic rings. The fourth-order valence-electron chi connectivity index (χ4n) is 8.37. The molecule has 0 spiro atoms. The number of nitrogens with zero attached hydrogens (tertiary/aromatic N) is 2. The van der Waals surface area contributed by atoms with Crippen LogP contribution in [0.3, 0.4) is 0 Å². The molecule has 0 unspecified atom stereocenters. The van der Waals surface area contributed by atoms with Gasteiger partial charge in [0.05, 0.1) is 23.4 Å². The maximum absolute atomic E-state index is 14.2. The summed E-state index contributed by atoms with van der Waals surface area (Å²) in [5, 5.41) is 0. The van der Waals surface area contributed by atoms with Crippen molar-refractivity contribution in [3.63, 3.8) is 0 Å². The molecule has 224 valence electrons. The number of hydrogen-bond acceptors (Lipinski definition) is 5. The van der Waals surface area contributed by atoms with E-state index in [2.05, 4.69) is 24.3 Å². The summed E-state index contributed by atoms with van der Waals surface area (Å²) in [5.74, 6) is -2.52. The van der Waals surface area contributed by atoms with E-state index in [1.165, 1.54) is 4.90 Å². The van der Waals surface area contributed by atoms with Gasteiger partial charge in [0, 0.05) is 30.5 Å². The van der Waals surface area contributed by atoms with Crippen LogP contribution in [0.1, 0.15) is 57.2 Å². The Morgan fingerprint density at radius 2 is 1.22 bits per heavy atom. The fourth-order valence-corrected chi connectivity index (χ4v) is 8.37. The SMILES string of the molecule is Cc1cc(OC(=O)[C@@H]2CC(=O)N(c3c(C)cccc3C)C2)ccc1N1C(=O)[C@H]2C3c4ccccc4C(c4ccccc43)[C@@H]2C1=O. The Morgan fingerprint density at radius 3 is 1.73 bits per heavy atom. The first-order valence-corrected chi connectivity index (χ1v) is 15.5. The molecule has 2 fully saturated rings. The number of amides is 3. The molecule has 2 heterocycles. The Labute approximate surface area is 261 Å². The fraction of sp³-hybridized carbons (Fsp3) is 0.263. The average Bonchev–Trinajstić information content (AvgIpc) is 3.54. The Kier molecular flexibility index (Phi) is 6.11. The molecule has 3 amide bonds. The number of rotatable bonds is 4. The van der Waals surface area contributed by atoms with Crippen molar-refractivity contribution in [2.45, 2.75) is 39.0 Å². The van der Waals surface area contributed by atoms with E-state index in [4.69, 9.17) is 4.74 Å². The number of para-hydroxylation sites is 1. The van der Waals surface area contributed by atoms with Gasteiger partial charge in [0.25, 0.3) is 0 Å². The second-order valence-corrected chi connectivity index (χ2v) is 12.8. The van der Waals surface area contributed by atoms with Gasteiger partial charge in [0.2, 0.25) is 17.7 Å². The molecule has 0 N–H and O–H groups in total. The lowest BCUT2D eigenvalue weighted by Gasteiger charge is -2.45. The molecule has 0 saturated carbocycles. The molecule has 45 heavy (non-hydrogen) atoms. The van der Waals surface area contributed by atoms with E-state index < -0.39 is 23.7 Å². The van der Waals surface area contributed by atoms with Crippen molar-refractivity contribution in [2.24, 2.45) is 17.8 Å². The molecule has 3 aliphatic carbocycles. The van der Waals surface area contributed by atoms with Crippen LogP contribution in [0.2, 0.25) is 0 Å². The predicted molar refractivity (Wildman–Crippen MR) is 169 cm³/mol. The van der Waals surface area contributed by atoms with Gasteiger partial charge >= 0.3 is 5.97 Å². The lowest BCUT2D eigenvalue weighted by atomic mass is 9.55. The minimum absolute atomic E-state index is 0.0797. The van der Waals surface area contributed by atoms with Crippen LogP contribution in [0.25, 0.3) is 0 Å². The van der Waals surface area contributed by atoms with E-state index in [0.717, 1.165) is 39.1 Å². The van der Waals surface area contributed by atoms with Crippen molar-refractivity contribution in [3.8, 4) is 5.75 Å². The summed E-state index contributed by atoms with van der Waals surface area (Å²) in [5.41, 5.74) is 8.49. The van der Waals surface area contributed by atoms with Crippen LogP contribution in [-0.4, -0.2) is 30.2 Å². The Hall–Kier alpha value is -5.04. The number of esters is 1. The average molecular weight is 597 g/mol. The lowest BCUT2D eigenvalue weighted by molar-refractivity contribution is -0.139. The standard InChI is InChI=1S/C38H32N2O5/c1-20-9-8-10-21(2)35(20)39-19-23(18-30(39)41)38(44)45-24-15-16-29(22(3)17-24)40-36(42)33-31-25-11-4-5-12-26(25)32(34(33)37(40)43)28-14-7-6-13-27(28)31/h4-17,23,31-34H,18-19H2,1-3H3/t23-,31?,32?,33+,34+/m1/s1. The number of ether oxygens (including phenoxy) is 1. The zero-order valence-corrected chi connectivity index (χ0v) is 25.3. The van der Waals surface area contributed by atoms with Gasteiger partial charge in [-0.25, -0.2) is 4.90 Å². The van der Waals surface area contributed by atoms with Gasteiger partial charge in [0.15, 0.2) is 0 Å². The summed E-state index contributed by atoms with van der Waals surface area (Å²) in [6.45, 7) is 5.99. The number of carbonyl (C=O) groups excluding carboxylic acids is 4. The second kappa shape index (κ2) is 9.99. The molecule has 2 bridgehead atoms. The first kappa shape index (κ1) is 27.5. The highest BCUT2D eigenvalue weighted by atomic mass is 16.5. The quantitative estimate of drug-likeness (QED) is 0.165. The minimum Gasteiger partial charge on any atom is -0.426 e. The maximum atomic E-state index is 14.2. The predicted octanol–water partition coefficient (Wildman–Crippen LogP) is 5.97. The van der Waals surface area contributed by atoms with E-state index in [0.29, 0.717) is 17.0 Å². The number of benzene rings is 4. The highest BCUT2D eigenvalue weighted by molar-refractivity contribution is 6.23. The third kappa shape index (κ3) is 3.96. The third-order valence-corrected chi connectivity index (χ3v) is 10.2. The van der Waals surface area contributed by atoms with E-state index in [1.807, 2.05) is 63.2 Å². The second-order valence-electron chi connectivity index (χ2n) is 12.8.